The van der Waals surface area contributed by atoms with Gasteiger partial charge in [-0.1, -0.05) is 18.2 Å². The highest BCUT2D eigenvalue weighted by Gasteiger charge is 2.23. The van der Waals surface area contributed by atoms with Gasteiger partial charge in [0.05, 0.1) is 33.3 Å². The van der Waals surface area contributed by atoms with Crippen molar-refractivity contribution >= 4 is 21.6 Å². The van der Waals surface area contributed by atoms with Crippen molar-refractivity contribution in [1.82, 2.24) is 5.32 Å². The average Bonchev–Trinajstić information content (AvgIpc) is 2.69. The van der Waals surface area contributed by atoms with Crippen LogP contribution in [0.15, 0.2) is 42.5 Å². The molecule has 0 saturated heterocycles. The molecule has 2 aromatic rings. The number of sulfonamides is 1. The van der Waals surface area contributed by atoms with Crippen LogP contribution in [-0.2, 0) is 21.4 Å². The topological polar surface area (TPSA) is 94.2 Å². The Labute approximate surface area is 165 Å². The van der Waals surface area contributed by atoms with E-state index in [9.17, 15) is 13.2 Å². The first-order valence-electron chi connectivity index (χ1n) is 8.38. The SMILES string of the molecule is COc1ccc(CNC(=O)CN(c2ccccc2OC)S(C)(=O)=O)cc1OC. The van der Waals surface area contributed by atoms with Crippen molar-refractivity contribution in [1.29, 1.82) is 0 Å². The van der Waals surface area contributed by atoms with Crippen LogP contribution >= 0.6 is 0 Å². The first-order valence-corrected chi connectivity index (χ1v) is 10.2. The van der Waals surface area contributed by atoms with Crippen LogP contribution in [0.2, 0.25) is 0 Å². The van der Waals surface area contributed by atoms with Gasteiger partial charge in [0, 0.05) is 6.54 Å². The Hall–Kier alpha value is -2.94. The number of methoxy groups -OCH3 is 3. The van der Waals surface area contributed by atoms with Gasteiger partial charge in [0.25, 0.3) is 0 Å². The van der Waals surface area contributed by atoms with Gasteiger partial charge < -0.3 is 19.5 Å². The van der Waals surface area contributed by atoms with Gasteiger partial charge in [-0.15, -0.1) is 0 Å². The van der Waals surface area contributed by atoms with E-state index in [0.29, 0.717) is 22.9 Å². The molecule has 2 aromatic carbocycles. The number of carbonyl (C=O) groups is 1. The summed E-state index contributed by atoms with van der Waals surface area (Å²) in [6.07, 6.45) is 1.04. The average molecular weight is 408 g/mol. The molecule has 0 bridgehead atoms. The predicted molar refractivity (Wildman–Crippen MR) is 107 cm³/mol. The van der Waals surface area contributed by atoms with E-state index in [-0.39, 0.29) is 13.1 Å². The molecule has 0 saturated carbocycles. The lowest BCUT2D eigenvalue weighted by atomic mass is 10.2. The number of nitrogens with zero attached hydrogens (tertiary/aromatic N) is 1. The largest absolute Gasteiger partial charge is 0.495 e. The summed E-state index contributed by atoms with van der Waals surface area (Å²) in [7, 11) is 0.812. The molecule has 0 atom stereocenters. The summed E-state index contributed by atoms with van der Waals surface area (Å²) < 4.78 is 41.1. The fraction of sp³-hybridized carbons (Fsp3) is 0.316. The van der Waals surface area contributed by atoms with Gasteiger partial charge in [-0.25, -0.2) is 8.42 Å². The second-order valence-corrected chi connectivity index (χ2v) is 7.81. The van der Waals surface area contributed by atoms with E-state index in [1.807, 2.05) is 0 Å². The molecular formula is C19H24N2O6S. The minimum Gasteiger partial charge on any atom is -0.495 e. The van der Waals surface area contributed by atoms with E-state index in [1.54, 1.807) is 42.5 Å². The molecule has 28 heavy (non-hydrogen) atoms. The molecule has 0 aliphatic heterocycles. The van der Waals surface area contributed by atoms with E-state index in [0.717, 1.165) is 16.1 Å². The monoisotopic (exact) mass is 408 g/mol. The summed E-state index contributed by atoms with van der Waals surface area (Å²) in [6.45, 7) is -0.158. The van der Waals surface area contributed by atoms with Crippen molar-refractivity contribution in [2.45, 2.75) is 6.54 Å². The molecule has 0 spiro atoms. The summed E-state index contributed by atoms with van der Waals surface area (Å²) >= 11 is 0. The van der Waals surface area contributed by atoms with Crippen molar-refractivity contribution < 1.29 is 27.4 Å². The van der Waals surface area contributed by atoms with Gasteiger partial charge in [-0.2, -0.15) is 0 Å². The third-order valence-electron chi connectivity index (χ3n) is 3.98. The van der Waals surface area contributed by atoms with Crippen LogP contribution in [0.5, 0.6) is 17.2 Å². The van der Waals surface area contributed by atoms with Crippen LogP contribution in [0.3, 0.4) is 0 Å². The maximum absolute atomic E-state index is 12.4. The predicted octanol–water partition coefficient (Wildman–Crippen LogP) is 1.79. The Bertz CT molecular complexity index is 930. The third kappa shape index (κ3) is 5.29. The van der Waals surface area contributed by atoms with Crippen molar-refractivity contribution in [3.05, 3.63) is 48.0 Å². The highest BCUT2D eigenvalue weighted by atomic mass is 32.2. The number of amides is 1. The quantitative estimate of drug-likeness (QED) is 0.680. The molecule has 9 heteroatoms. The number of hydrogen-bond acceptors (Lipinski definition) is 6. The minimum atomic E-state index is -3.69. The van der Waals surface area contributed by atoms with Gasteiger partial charge >= 0.3 is 0 Å². The summed E-state index contributed by atoms with van der Waals surface area (Å²) in [5.74, 6) is 1.03. The van der Waals surface area contributed by atoms with Crippen molar-refractivity contribution in [3.63, 3.8) is 0 Å². The van der Waals surface area contributed by atoms with Crippen LogP contribution in [0.4, 0.5) is 5.69 Å². The normalized spacial score (nSPS) is 10.9. The fourth-order valence-electron chi connectivity index (χ4n) is 2.59. The van der Waals surface area contributed by atoms with Gasteiger partial charge in [0.15, 0.2) is 11.5 Å². The Morgan fingerprint density at radius 1 is 0.964 bits per heavy atom. The molecule has 0 aliphatic carbocycles. The molecule has 8 nitrogen and oxygen atoms in total. The number of nitrogens with one attached hydrogen (secondary N) is 1. The number of benzene rings is 2. The maximum Gasteiger partial charge on any atom is 0.241 e. The van der Waals surface area contributed by atoms with E-state index in [2.05, 4.69) is 5.32 Å². The molecule has 1 N–H and O–H groups in total. The molecule has 0 fully saturated rings. The van der Waals surface area contributed by atoms with E-state index in [4.69, 9.17) is 14.2 Å². The summed E-state index contributed by atoms with van der Waals surface area (Å²) in [5, 5.41) is 2.72. The van der Waals surface area contributed by atoms with Crippen molar-refractivity contribution in [2.75, 3.05) is 38.4 Å². The molecular weight excluding hydrogens is 384 g/mol. The van der Waals surface area contributed by atoms with Crippen LogP contribution in [0.25, 0.3) is 0 Å². The highest BCUT2D eigenvalue weighted by Crippen LogP contribution is 2.29. The molecule has 2 rings (SSSR count). The minimum absolute atomic E-state index is 0.211. The first kappa shape index (κ1) is 21.4. The highest BCUT2D eigenvalue weighted by molar-refractivity contribution is 7.92. The molecule has 0 radical (unpaired) electrons. The molecule has 0 heterocycles. The number of hydrogen-bond donors (Lipinski definition) is 1. The maximum atomic E-state index is 12.4. The first-order chi connectivity index (χ1) is 13.3. The van der Waals surface area contributed by atoms with Crippen LogP contribution in [0.1, 0.15) is 5.56 Å². The van der Waals surface area contributed by atoms with Gasteiger partial charge in [0.2, 0.25) is 15.9 Å². The summed E-state index contributed by atoms with van der Waals surface area (Å²) in [6, 6.07) is 11.9. The van der Waals surface area contributed by atoms with Crippen LogP contribution < -0.4 is 23.8 Å². The number of anilines is 1. The lowest BCUT2D eigenvalue weighted by Crippen LogP contribution is -2.40. The van der Waals surface area contributed by atoms with Gasteiger partial charge in [-0.3, -0.25) is 9.10 Å². The molecule has 0 aliphatic rings. The summed E-state index contributed by atoms with van der Waals surface area (Å²) in [4.78, 5) is 12.4. The van der Waals surface area contributed by atoms with Crippen LogP contribution in [0, 0.1) is 0 Å². The lowest BCUT2D eigenvalue weighted by molar-refractivity contribution is -0.119. The number of rotatable bonds is 9. The lowest BCUT2D eigenvalue weighted by Gasteiger charge is -2.23. The van der Waals surface area contributed by atoms with E-state index >= 15 is 0 Å². The standard InChI is InChI=1S/C19H24N2O6S/c1-25-16-8-6-5-7-15(16)21(28(4,23)24)13-19(22)20-12-14-9-10-17(26-2)18(11-14)27-3/h5-11H,12-13H2,1-4H3,(H,20,22). The number of carbonyl (C=O) groups excluding carboxylic acids is 1. The van der Waals surface area contributed by atoms with Crippen molar-refractivity contribution in [2.24, 2.45) is 0 Å². The van der Waals surface area contributed by atoms with E-state index < -0.39 is 15.9 Å². The zero-order chi connectivity index (χ0) is 20.7. The molecule has 0 unspecified atom stereocenters. The Kier molecular flexibility index (Phi) is 7.11. The number of para-hydroxylation sites is 2. The van der Waals surface area contributed by atoms with Crippen LogP contribution in [-0.4, -0.2) is 48.5 Å². The second-order valence-electron chi connectivity index (χ2n) is 5.91. The number of ether oxygens (including phenoxy) is 3. The zero-order valence-corrected chi connectivity index (χ0v) is 17.1. The second kappa shape index (κ2) is 9.32. The van der Waals surface area contributed by atoms with Gasteiger partial charge in [-0.05, 0) is 29.8 Å². The molecule has 0 aromatic heterocycles. The smallest absolute Gasteiger partial charge is 0.241 e. The van der Waals surface area contributed by atoms with Gasteiger partial charge in [0.1, 0.15) is 12.3 Å². The Morgan fingerprint density at radius 2 is 1.61 bits per heavy atom. The summed E-state index contributed by atoms with van der Waals surface area (Å²) in [5.41, 5.74) is 1.09. The third-order valence-corrected chi connectivity index (χ3v) is 5.11. The van der Waals surface area contributed by atoms with Crippen molar-refractivity contribution in [3.8, 4) is 17.2 Å². The fourth-order valence-corrected chi connectivity index (χ4v) is 3.45. The zero-order valence-electron chi connectivity index (χ0n) is 16.3. The molecule has 1 amide bonds. The Balaban J connectivity index is 2.13. The van der Waals surface area contributed by atoms with E-state index in [1.165, 1.54) is 21.3 Å². The Morgan fingerprint density at radius 3 is 2.21 bits per heavy atom. The molecule has 152 valence electrons.